The van der Waals surface area contributed by atoms with Crippen LogP contribution in [-0.2, 0) is 0 Å². The van der Waals surface area contributed by atoms with E-state index < -0.39 is 0 Å². The quantitative estimate of drug-likeness (QED) is 0.522. The molecular weight excluding hydrogens is 460 g/mol. The maximum Gasteiger partial charge on any atom is 0.261 e. The largest absolute Gasteiger partial charge is 0.497 e. The van der Waals surface area contributed by atoms with E-state index in [1.165, 1.54) is 25.6 Å². The fourth-order valence-electron chi connectivity index (χ4n) is 2.70. The second kappa shape index (κ2) is 9.15. The van der Waals surface area contributed by atoms with Gasteiger partial charge >= 0.3 is 0 Å². The third-order valence-corrected chi connectivity index (χ3v) is 5.46. The summed E-state index contributed by atoms with van der Waals surface area (Å²) in [6.45, 7) is 0. The summed E-state index contributed by atoms with van der Waals surface area (Å²) in [4.78, 5) is 17.4. The molecule has 1 aromatic heterocycles. The molecule has 1 heterocycles. The molecule has 3 rings (SSSR count). The summed E-state index contributed by atoms with van der Waals surface area (Å²) in [7, 11) is 6.22. The van der Waals surface area contributed by atoms with Gasteiger partial charge in [-0.1, -0.05) is 0 Å². The van der Waals surface area contributed by atoms with Crippen molar-refractivity contribution in [3.8, 4) is 34.3 Å². The van der Waals surface area contributed by atoms with Crippen molar-refractivity contribution in [3.63, 3.8) is 0 Å². The van der Waals surface area contributed by atoms with Crippen molar-refractivity contribution in [2.24, 2.45) is 0 Å². The van der Waals surface area contributed by atoms with Gasteiger partial charge in [-0.3, -0.25) is 10.1 Å². The molecule has 0 atom stereocenters. The molecule has 0 saturated carbocycles. The van der Waals surface area contributed by atoms with Gasteiger partial charge in [-0.25, -0.2) is 4.98 Å². The molecule has 0 aliphatic rings. The average Bonchev–Trinajstić information content (AvgIpc) is 3.20. The molecule has 0 aliphatic carbocycles. The lowest BCUT2D eigenvalue weighted by molar-refractivity contribution is 0.102. The molecule has 0 fully saturated rings. The van der Waals surface area contributed by atoms with Crippen LogP contribution in [0.1, 0.15) is 10.4 Å². The molecule has 0 saturated heterocycles. The van der Waals surface area contributed by atoms with E-state index in [1.54, 1.807) is 26.4 Å². The Morgan fingerprint density at radius 1 is 1.00 bits per heavy atom. The van der Waals surface area contributed by atoms with Crippen LogP contribution in [0.4, 0.5) is 5.13 Å². The summed E-state index contributed by atoms with van der Waals surface area (Å²) in [6.07, 6.45) is 0. The number of ether oxygens (including phenoxy) is 4. The molecule has 0 aliphatic heterocycles. The van der Waals surface area contributed by atoms with E-state index in [-0.39, 0.29) is 5.91 Å². The smallest absolute Gasteiger partial charge is 0.261 e. The van der Waals surface area contributed by atoms with Crippen LogP contribution in [0.25, 0.3) is 11.3 Å². The van der Waals surface area contributed by atoms with E-state index >= 15 is 0 Å². The maximum absolute atomic E-state index is 12.8. The van der Waals surface area contributed by atoms with Crippen LogP contribution >= 0.6 is 27.3 Å². The number of carbonyl (C=O) groups excluding carboxylic acids is 1. The first-order valence-corrected chi connectivity index (χ1v) is 10.1. The predicted molar refractivity (Wildman–Crippen MR) is 116 cm³/mol. The van der Waals surface area contributed by atoms with Crippen LogP contribution in [0.5, 0.6) is 23.0 Å². The van der Waals surface area contributed by atoms with Gasteiger partial charge in [-0.05, 0) is 46.3 Å². The minimum Gasteiger partial charge on any atom is -0.497 e. The average molecular weight is 479 g/mol. The molecule has 0 unspecified atom stereocenters. The minimum absolute atomic E-state index is 0.328. The van der Waals surface area contributed by atoms with Crippen LogP contribution in [0.15, 0.2) is 40.2 Å². The molecule has 29 heavy (non-hydrogen) atoms. The number of anilines is 1. The predicted octanol–water partition coefficient (Wildman–Crippen LogP) is 4.86. The summed E-state index contributed by atoms with van der Waals surface area (Å²) in [6, 6.07) is 8.79. The Hall–Kier alpha value is -2.78. The molecule has 3 aromatic rings. The molecule has 9 heteroatoms. The van der Waals surface area contributed by atoms with Crippen LogP contribution in [-0.4, -0.2) is 39.3 Å². The van der Waals surface area contributed by atoms with Crippen molar-refractivity contribution in [2.45, 2.75) is 0 Å². The third kappa shape index (κ3) is 4.46. The molecule has 7 nitrogen and oxygen atoms in total. The standard InChI is InChI=1S/C20H19BrN2O5S/c1-25-11-5-6-17(27-3)13(7-11)16-10-29-20(22-16)23-19(24)14-8-12(26-2)9-15(21)18(14)28-4/h5-10H,1-4H3,(H,22,23,24). The summed E-state index contributed by atoms with van der Waals surface area (Å²) in [5, 5.41) is 5.09. The zero-order valence-electron chi connectivity index (χ0n) is 16.2. The van der Waals surface area contributed by atoms with Crippen LogP contribution in [0.2, 0.25) is 0 Å². The number of amides is 1. The number of benzene rings is 2. The number of halogens is 1. The highest BCUT2D eigenvalue weighted by atomic mass is 79.9. The van der Waals surface area contributed by atoms with Crippen LogP contribution < -0.4 is 24.3 Å². The van der Waals surface area contributed by atoms with Crippen LogP contribution in [0, 0.1) is 0 Å². The fraction of sp³-hybridized carbons (Fsp3) is 0.200. The number of nitrogens with one attached hydrogen (secondary N) is 1. The van der Waals surface area contributed by atoms with Crippen molar-refractivity contribution < 1.29 is 23.7 Å². The Morgan fingerprint density at radius 3 is 2.41 bits per heavy atom. The van der Waals surface area contributed by atoms with E-state index in [0.717, 1.165) is 5.56 Å². The van der Waals surface area contributed by atoms with Crippen molar-refractivity contribution in [2.75, 3.05) is 33.8 Å². The van der Waals surface area contributed by atoms with Crippen molar-refractivity contribution in [3.05, 3.63) is 45.7 Å². The number of hydrogen-bond donors (Lipinski definition) is 1. The van der Waals surface area contributed by atoms with E-state index in [2.05, 4.69) is 26.2 Å². The number of methoxy groups -OCH3 is 4. The van der Waals surface area contributed by atoms with E-state index in [1.807, 2.05) is 23.6 Å². The molecule has 0 bridgehead atoms. The Labute approximate surface area is 180 Å². The van der Waals surface area contributed by atoms with Gasteiger partial charge in [-0.15, -0.1) is 11.3 Å². The Bertz CT molecular complexity index is 1040. The second-order valence-electron chi connectivity index (χ2n) is 5.75. The molecule has 0 radical (unpaired) electrons. The lowest BCUT2D eigenvalue weighted by Gasteiger charge is -2.12. The third-order valence-electron chi connectivity index (χ3n) is 4.11. The van der Waals surface area contributed by atoms with E-state index in [0.29, 0.717) is 43.9 Å². The molecule has 1 N–H and O–H groups in total. The highest BCUT2D eigenvalue weighted by molar-refractivity contribution is 9.10. The van der Waals surface area contributed by atoms with Gasteiger partial charge in [0.25, 0.3) is 5.91 Å². The van der Waals surface area contributed by atoms with Gasteiger partial charge in [0, 0.05) is 10.9 Å². The van der Waals surface area contributed by atoms with Gasteiger partial charge in [-0.2, -0.15) is 0 Å². The second-order valence-corrected chi connectivity index (χ2v) is 7.46. The molecule has 152 valence electrons. The SMILES string of the molecule is COc1cc(Br)c(OC)c(C(=O)Nc2nc(-c3cc(OC)ccc3OC)cs2)c1. The highest BCUT2D eigenvalue weighted by Gasteiger charge is 2.19. The zero-order chi connectivity index (χ0) is 21.0. The van der Waals surface area contributed by atoms with Crippen molar-refractivity contribution in [1.29, 1.82) is 0 Å². The van der Waals surface area contributed by atoms with Gasteiger partial charge in [0.05, 0.1) is 44.2 Å². The normalized spacial score (nSPS) is 10.4. The molecule has 2 aromatic carbocycles. The number of hydrogen-bond acceptors (Lipinski definition) is 7. The zero-order valence-corrected chi connectivity index (χ0v) is 18.6. The van der Waals surface area contributed by atoms with Crippen molar-refractivity contribution >= 4 is 38.3 Å². The lowest BCUT2D eigenvalue weighted by atomic mass is 10.1. The monoisotopic (exact) mass is 478 g/mol. The minimum atomic E-state index is -0.361. The summed E-state index contributed by atoms with van der Waals surface area (Å²) < 4.78 is 21.9. The van der Waals surface area contributed by atoms with Crippen LogP contribution in [0.3, 0.4) is 0 Å². The Kier molecular flexibility index (Phi) is 6.60. The van der Waals surface area contributed by atoms with Crippen molar-refractivity contribution in [1.82, 2.24) is 4.98 Å². The van der Waals surface area contributed by atoms with Gasteiger partial charge < -0.3 is 18.9 Å². The number of carbonyl (C=O) groups is 1. The van der Waals surface area contributed by atoms with E-state index in [9.17, 15) is 4.79 Å². The van der Waals surface area contributed by atoms with Gasteiger partial charge in [0.2, 0.25) is 0 Å². The first kappa shape index (κ1) is 20.9. The number of rotatable bonds is 7. The summed E-state index contributed by atoms with van der Waals surface area (Å²) in [5.41, 5.74) is 1.76. The van der Waals surface area contributed by atoms with Gasteiger partial charge in [0.1, 0.15) is 23.0 Å². The van der Waals surface area contributed by atoms with E-state index in [4.69, 9.17) is 18.9 Å². The maximum atomic E-state index is 12.8. The van der Waals surface area contributed by atoms with Gasteiger partial charge in [0.15, 0.2) is 5.13 Å². The topological polar surface area (TPSA) is 78.9 Å². The number of nitrogens with zero attached hydrogens (tertiary/aromatic N) is 1. The Morgan fingerprint density at radius 2 is 1.76 bits per heavy atom. The molecule has 0 spiro atoms. The summed E-state index contributed by atoms with van der Waals surface area (Å²) in [5.74, 6) is 1.93. The molecular formula is C20H19BrN2O5S. The lowest BCUT2D eigenvalue weighted by Crippen LogP contribution is -2.13. The molecule has 1 amide bonds. The number of aromatic nitrogens is 1. The highest BCUT2D eigenvalue weighted by Crippen LogP contribution is 2.36. The number of thiazole rings is 1. The summed E-state index contributed by atoms with van der Waals surface area (Å²) >= 11 is 4.70. The first-order chi connectivity index (χ1) is 14.0. The fourth-order valence-corrected chi connectivity index (χ4v) is 4.00. The first-order valence-electron chi connectivity index (χ1n) is 8.41. The Balaban J connectivity index is 1.90.